The predicted molar refractivity (Wildman–Crippen MR) is 145 cm³/mol. The maximum absolute atomic E-state index is 14.6. The van der Waals surface area contributed by atoms with Gasteiger partial charge in [-0.2, -0.15) is 13.2 Å². The molecular formula is C32H27F6NO2. The molecule has 2 aliphatic rings. The molecule has 3 aromatic rings. The Morgan fingerprint density at radius 2 is 1.71 bits per heavy atom. The fourth-order valence-electron chi connectivity index (χ4n) is 5.62. The maximum Gasteiger partial charge on any atom is 0.419 e. The van der Waals surface area contributed by atoms with Crippen LogP contribution in [0.1, 0.15) is 63.0 Å². The molecule has 214 valence electrons. The third-order valence-corrected chi connectivity index (χ3v) is 7.51. The highest BCUT2D eigenvalue weighted by Gasteiger charge is 2.38. The molecule has 1 heterocycles. The molecule has 9 heteroatoms. The first kappa shape index (κ1) is 28.7. The predicted octanol–water partition coefficient (Wildman–Crippen LogP) is 8.19. The van der Waals surface area contributed by atoms with Crippen molar-refractivity contribution in [3.05, 3.63) is 111 Å². The van der Waals surface area contributed by atoms with E-state index >= 15 is 0 Å². The number of likely N-dealkylation sites (tertiary alicyclic amines) is 1. The first-order valence-electron chi connectivity index (χ1n) is 13.3. The lowest BCUT2D eigenvalue weighted by Gasteiger charge is -2.34. The molecule has 0 bridgehead atoms. The lowest BCUT2D eigenvalue weighted by Crippen LogP contribution is -2.40. The highest BCUT2D eigenvalue weighted by Crippen LogP contribution is 2.45. The van der Waals surface area contributed by atoms with Crippen molar-refractivity contribution in [3.8, 4) is 0 Å². The average Bonchev–Trinajstić information content (AvgIpc) is 3.08. The van der Waals surface area contributed by atoms with Crippen LogP contribution in [-0.2, 0) is 12.6 Å². The van der Waals surface area contributed by atoms with Gasteiger partial charge in [-0.3, -0.25) is 4.90 Å². The zero-order chi connectivity index (χ0) is 29.3. The Bertz CT molecular complexity index is 1510. The van der Waals surface area contributed by atoms with E-state index in [0.717, 1.165) is 17.2 Å². The molecule has 0 atom stereocenters. The number of nitrogens with zero attached hydrogens (tertiary/aromatic N) is 1. The van der Waals surface area contributed by atoms with Crippen molar-refractivity contribution in [1.29, 1.82) is 0 Å². The lowest BCUT2D eigenvalue weighted by atomic mass is 9.85. The smallest absolute Gasteiger partial charge is 0.419 e. The second-order valence-electron chi connectivity index (χ2n) is 10.4. The van der Waals surface area contributed by atoms with Gasteiger partial charge in [0, 0.05) is 26.1 Å². The Labute approximate surface area is 233 Å². The van der Waals surface area contributed by atoms with Gasteiger partial charge in [-0.15, -0.1) is 0 Å². The summed E-state index contributed by atoms with van der Waals surface area (Å²) in [6, 6.07) is 15.2. The second-order valence-corrected chi connectivity index (χ2v) is 10.4. The monoisotopic (exact) mass is 571 g/mol. The minimum Gasteiger partial charge on any atom is -0.478 e. The van der Waals surface area contributed by atoms with Gasteiger partial charge in [-0.1, -0.05) is 48.5 Å². The fraction of sp³-hybridized carbons (Fsp3) is 0.281. The van der Waals surface area contributed by atoms with Crippen LogP contribution in [0.25, 0.3) is 17.2 Å². The summed E-state index contributed by atoms with van der Waals surface area (Å²) in [6.07, 6.45) is -4.31. The topological polar surface area (TPSA) is 40.5 Å². The van der Waals surface area contributed by atoms with Crippen molar-refractivity contribution in [3.63, 3.8) is 0 Å². The van der Waals surface area contributed by atoms with E-state index < -0.39 is 30.0 Å². The molecule has 0 unspecified atom stereocenters. The van der Waals surface area contributed by atoms with Crippen molar-refractivity contribution in [2.24, 2.45) is 0 Å². The number of aromatic carboxylic acids is 1. The van der Waals surface area contributed by atoms with Gasteiger partial charge in [-0.25, -0.2) is 18.0 Å². The fourth-order valence-corrected chi connectivity index (χ4v) is 5.62. The zero-order valence-corrected chi connectivity index (χ0v) is 21.9. The molecule has 1 N–H and O–H groups in total. The van der Waals surface area contributed by atoms with E-state index in [1.165, 1.54) is 18.2 Å². The van der Waals surface area contributed by atoms with Crippen molar-refractivity contribution >= 4 is 23.2 Å². The van der Waals surface area contributed by atoms with E-state index in [1.807, 2.05) is 23.1 Å². The summed E-state index contributed by atoms with van der Waals surface area (Å²) in [5, 5.41) is 9.50. The van der Waals surface area contributed by atoms with Crippen LogP contribution in [0.15, 0.2) is 66.2 Å². The summed E-state index contributed by atoms with van der Waals surface area (Å²) >= 11 is 0. The van der Waals surface area contributed by atoms with Crippen LogP contribution in [-0.4, -0.2) is 42.0 Å². The van der Waals surface area contributed by atoms with Crippen LogP contribution in [0.5, 0.6) is 0 Å². The molecule has 0 aromatic heterocycles. The minimum atomic E-state index is -4.91. The number of fused-ring (bicyclic) bond motifs is 1. The van der Waals surface area contributed by atoms with Crippen molar-refractivity contribution in [1.82, 2.24) is 4.90 Å². The molecular weight excluding hydrogens is 544 g/mol. The van der Waals surface area contributed by atoms with Crippen LogP contribution >= 0.6 is 0 Å². The zero-order valence-electron chi connectivity index (χ0n) is 21.9. The van der Waals surface area contributed by atoms with E-state index in [0.29, 0.717) is 60.3 Å². The van der Waals surface area contributed by atoms with Crippen LogP contribution in [0.4, 0.5) is 26.3 Å². The Kier molecular flexibility index (Phi) is 8.09. The Morgan fingerprint density at radius 3 is 2.37 bits per heavy atom. The summed E-state index contributed by atoms with van der Waals surface area (Å²) in [4.78, 5) is 13.5. The summed E-state index contributed by atoms with van der Waals surface area (Å²) in [6.45, 7) is 1.53. The number of hydrogen-bond donors (Lipinski definition) is 1. The second kappa shape index (κ2) is 11.6. The van der Waals surface area contributed by atoms with Crippen molar-refractivity contribution in [2.75, 3.05) is 19.6 Å². The van der Waals surface area contributed by atoms with E-state index in [-0.39, 0.29) is 24.0 Å². The van der Waals surface area contributed by atoms with Gasteiger partial charge >= 0.3 is 12.1 Å². The number of carboxylic acid groups (broad SMARTS) is 1. The molecule has 0 amide bonds. The maximum atomic E-state index is 14.6. The molecule has 1 aliphatic carbocycles. The average molecular weight is 572 g/mol. The largest absolute Gasteiger partial charge is 0.478 e. The summed E-state index contributed by atoms with van der Waals surface area (Å²) < 4.78 is 81.8. The summed E-state index contributed by atoms with van der Waals surface area (Å²) in [5.41, 5.74) is 3.26. The Hall–Kier alpha value is -3.85. The number of rotatable bonds is 7. The van der Waals surface area contributed by atoms with Crippen LogP contribution in [0.2, 0.25) is 0 Å². The van der Waals surface area contributed by atoms with Gasteiger partial charge in [0.15, 0.2) is 0 Å². The molecule has 5 rings (SSSR count). The van der Waals surface area contributed by atoms with Gasteiger partial charge in [0.1, 0.15) is 5.82 Å². The van der Waals surface area contributed by atoms with E-state index in [9.17, 15) is 36.2 Å². The molecule has 1 fully saturated rings. The summed E-state index contributed by atoms with van der Waals surface area (Å²) in [5.74, 6) is -2.45. The van der Waals surface area contributed by atoms with Gasteiger partial charge in [0.2, 0.25) is 6.43 Å². The van der Waals surface area contributed by atoms with Gasteiger partial charge in [-0.05, 0) is 82.0 Å². The highest BCUT2D eigenvalue weighted by molar-refractivity contribution is 6.01. The molecule has 0 radical (unpaired) electrons. The quantitative estimate of drug-likeness (QED) is 0.291. The standard InChI is InChI=1S/C32H27F6NO2/c33-27-6-2-5-26(30(27)32(36,37)38)25-4-1-3-22-16-23(31(40)41)11-12-24(22)29(25)21-9-7-19(8-10-21)15-20-17-39(18-20)14-13-28(34)35/h2,5-12,15-16,28H,1,3-4,13-14,17-18H2,(H,40,41). The van der Waals surface area contributed by atoms with Crippen LogP contribution in [0, 0.1) is 5.82 Å². The van der Waals surface area contributed by atoms with Crippen LogP contribution in [0.3, 0.4) is 0 Å². The molecule has 3 nitrogen and oxygen atoms in total. The number of carboxylic acids is 1. The number of carbonyl (C=O) groups is 1. The third kappa shape index (κ3) is 6.25. The number of allylic oxidation sites excluding steroid dienone is 1. The third-order valence-electron chi connectivity index (χ3n) is 7.51. The van der Waals surface area contributed by atoms with Crippen molar-refractivity contribution in [2.45, 2.75) is 38.3 Å². The number of aryl methyl sites for hydroxylation is 1. The SMILES string of the molecule is O=C(O)c1ccc2c(c1)CCCC(c1cccc(F)c1C(F)(F)F)=C2c1ccc(C=C2CN(CCC(F)F)C2)cc1. The lowest BCUT2D eigenvalue weighted by molar-refractivity contribution is -0.140. The number of benzene rings is 3. The summed E-state index contributed by atoms with van der Waals surface area (Å²) in [7, 11) is 0. The molecule has 1 aliphatic heterocycles. The first-order chi connectivity index (χ1) is 19.5. The van der Waals surface area contributed by atoms with E-state index in [2.05, 4.69) is 0 Å². The first-order valence-corrected chi connectivity index (χ1v) is 13.3. The molecule has 3 aromatic carbocycles. The molecule has 41 heavy (non-hydrogen) atoms. The Balaban J connectivity index is 1.59. The number of alkyl halides is 5. The van der Waals surface area contributed by atoms with Gasteiger partial charge in [0.25, 0.3) is 0 Å². The van der Waals surface area contributed by atoms with Crippen LogP contribution < -0.4 is 0 Å². The van der Waals surface area contributed by atoms with Crippen molar-refractivity contribution < 1.29 is 36.2 Å². The number of hydrogen-bond acceptors (Lipinski definition) is 2. The molecule has 0 spiro atoms. The molecule has 1 saturated heterocycles. The van der Waals surface area contributed by atoms with E-state index in [4.69, 9.17) is 0 Å². The highest BCUT2D eigenvalue weighted by atomic mass is 19.4. The minimum absolute atomic E-state index is 0.0818. The van der Waals surface area contributed by atoms with Gasteiger partial charge < -0.3 is 5.11 Å². The van der Waals surface area contributed by atoms with Gasteiger partial charge in [0.05, 0.1) is 11.1 Å². The van der Waals surface area contributed by atoms with E-state index in [1.54, 1.807) is 24.3 Å². The normalized spacial score (nSPS) is 15.9. The number of halogens is 6. The Morgan fingerprint density at radius 1 is 0.976 bits per heavy atom. The molecule has 0 saturated carbocycles.